The molecule has 2 aliphatic rings. The monoisotopic (exact) mass is 274 g/mol. The molecular formula is C17H26N2O. The topological polar surface area (TPSA) is 24.5 Å². The third-order valence-electron chi connectivity index (χ3n) is 4.52. The lowest BCUT2D eigenvalue weighted by Gasteiger charge is -2.38. The van der Waals surface area contributed by atoms with Crippen LogP contribution in [0.4, 0.5) is 0 Å². The SMILES string of the molecule is CC1(CN2CCNC(Cc3ccccc3)C2)CCCO1. The fourth-order valence-corrected chi connectivity index (χ4v) is 3.51. The van der Waals surface area contributed by atoms with Gasteiger partial charge in [0.1, 0.15) is 0 Å². The smallest absolute Gasteiger partial charge is 0.0781 e. The van der Waals surface area contributed by atoms with Crippen LogP contribution in [0, 0.1) is 0 Å². The lowest BCUT2D eigenvalue weighted by molar-refractivity contribution is -0.0144. The van der Waals surface area contributed by atoms with Crippen molar-refractivity contribution < 1.29 is 4.74 Å². The summed E-state index contributed by atoms with van der Waals surface area (Å²) in [5, 5.41) is 3.65. The number of hydrogen-bond acceptors (Lipinski definition) is 3. The summed E-state index contributed by atoms with van der Waals surface area (Å²) in [7, 11) is 0. The van der Waals surface area contributed by atoms with Crippen molar-refractivity contribution in [3.05, 3.63) is 35.9 Å². The first-order valence-electron chi connectivity index (χ1n) is 7.87. The fraction of sp³-hybridized carbons (Fsp3) is 0.647. The third-order valence-corrected chi connectivity index (χ3v) is 4.52. The first-order chi connectivity index (χ1) is 9.73. The van der Waals surface area contributed by atoms with Gasteiger partial charge in [0.05, 0.1) is 5.60 Å². The van der Waals surface area contributed by atoms with E-state index in [1.54, 1.807) is 0 Å². The minimum Gasteiger partial charge on any atom is -0.374 e. The Balaban J connectivity index is 1.54. The summed E-state index contributed by atoms with van der Waals surface area (Å²) in [6.07, 6.45) is 3.55. The van der Waals surface area contributed by atoms with Gasteiger partial charge in [0.25, 0.3) is 0 Å². The molecule has 2 aliphatic heterocycles. The van der Waals surface area contributed by atoms with Gasteiger partial charge in [-0.2, -0.15) is 0 Å². The van der Waals surface area contributed by atoms with Gasteiger partial charge in [-0.15, -0.1) is 0 Å². The highest BCUT2D eigenvalue weighted by atomic mass is 16.5. The minimum absolute atomic E-state index is 0.0919. The number of hydrogen-bond donors (Lipinski definition) is 1. The van der Waals surface area contributed by atoms with Crippen molar-refractivity contribution in [1.82, 2.24) is 10.2 Å². The molecule has 2 unspecified atom stereocenters. The molecular weight excluding hydrogens is 248 g/mol. The van der Waals surface area contributed by atoms with Gasteiger partial charge >= 0.3 is 0 Å². The van der Waals surface area contributed by atoms with Gasteiger partial charge in [-0.1, -0.05) is 30.3 Å². The Hall–Kier alpha value is -0.900. The zero-order valence-electron chi connectivity index (χ0n) is 12.5. The highest BCUT2D eigenvalue weighted by Gasteiger charge is 2.33. The molecule has 110 valence electrons. The molecule has 2 heterocycles. The lowest BCUT2D eigenvalue weighted by Crippen LogP contribution is -2.54. The van der Waals surface area contributed by atoms with Crippen LogP contribution < -0.4 is 5.32 Å². The standard InChI is InChI=1S/C17H26N2O/c1-17(8-5-11-20-17)14-19-10-9-18-16(13-19)12-15-6-3-2-4-7-15/h2-4,6-7,16,18H,5,8-14H2,1H3. The number of piperazine rings is 1. The molecule has 3 rings (SSSR count). The number of nitrogens with zero attached hydrogens (tertiary/aromatic N) is 1. The lowest BCUT2D eigenvalue weighted by atomic mass is 9.99. The maximum Gasteiger partial charge on any atom is 0.0781 e. The van der Waals surface area contributed by atoms with Crippen molar-refractivity contribution in [2.75, 3.05) is 32.8 Å². The molecule has 3 nitrogen and oxygen atoms in total. The van der Waals surface area contributed by atoms with E-state index in [-0.39, 0.29) is 5.60 Å². The summed E-state index contributed by atoms with van der Waals surface area (Å²) in [6.45, 7) is 7.66. The highest BCUT2D eigenvalue weighted by molar-refractivity contribution is 5.16. The van der Waals surface area contributed by atoms with Crippen LogP contribution in [0.5, 0.6) is 0 Å². The summed E-state index contributed by atoms with van der Waals surface area (Å²) in [5.74, 6) is 0. The van der Waals surface area contributed by atoms with Crippen molar-refractivity contribution in [3.63, 3.8) is 0 Å². The van der Waals surface area contributed by atoms with Gasteiger partial charge in [0.2, 0.25) is 0 Å². The van der Waals surface area contributed by atoms with Gasteiger partial charge in [-0.25, -0.2) is 0 Å². The van der Waals surface area contributed by atoms with E-state index in [0.717, 1.165) is 39.2 Å². The summed E-state index contributed by atoms with van der Waals surface area (Å²) >= 11 is 0. The molecule has 3 heteroatoms. The van der Waals surface area contributed by atoms with Crippen LogP contribution in [0.25, 0.3) is 0 Å². The summed E-state index contributed by atoms with van der Waals surface area (Å²) in [4.78, 5) is 2.58. The molecule has 20 heavy (non-hydrogen) atoms. The second-order valence-corrected chi connectivity index (χ2v) is 6.48. The molecule has 0 bridgehead atoms. The number of benzene rings is 1. The first kappa shape index (κ1) is 14.1. The van der Waals surface area contributed by atoms with E-state index in [1.807, 2.05) is 0 Å². The Morgan fingerprint density at radius 1 is 1.35 bits per heavy atom. The second kappa shape index (κ2) is 6.25. The maximum absolute atomic E-state index is 5.93. The molecule has 1 aromatic carbocycles. The average molecular weight is 274 g/mol. The van der Waals surface area contributed by atoms with Crippen LogP contribution in [0.1, 0.15) is 25.3 Å². The van der Waals surface area contributed by atoms with Crippen LogP contribution in [0.3, 0.4) is 0 Å². The summed E-state index contributed by atoms with van der Waals surface area (Å²) in [6, 6.07) is 11.4. The van der Waals surface area contributed by atoms with E-state index >= 15 is 0 Å². The first-order valence-corrected chi connectivity index (χ1v) is 7.87. The quantitative estimate of drug-likeness (QED) is 0.910. The molecule has 1 aromatic rings. The predicted molar refractivity (Wildman–Crippen MR) is 82.0 cm³/mol. The van der Waals surface area contributed by atoms with Gasteiger partial charge in [0.15, 0.2) is 0 Å². The Labute approximate surface area is 122 Å². The second-order valence-electron chi connectivity index (χ2n) is 6.48. The molecule has 0 radical (unpaired) electrons. The third kappa shape index (κ3) is 3.60. The van der Waals surface area contributed by atoms with Crippen molar-refractivity contribution in [1.29, 1.82) is 0 Å². The highest BCUT2D eigenvalue weighted by Crippen LogP contribution is 2.26. The van der Waals surface area contributed by atoms with Crippen LogP contribution in [0.15, 0.2) is 30.3 Å². The van der Waals surface area contributed by atoms with Crippen LogP contribution in [0.2, 0.25) is 0 Å². The van der Waals surface area contributed by atoms with E-state index < -0.39 is 0 Å². The average Bonchev–Trinajstić information content (AvgIpc) is 2.87. The van der Waals surface area contributed by atoms with Gasteiger partial charge in [0, 0.05) is 38.8 Å². The molecule has 2 atom stereocenters. The minimum atomic E-state index is 0.0919. The fourth-order valence-electron chi connectivity index (χ4n) is 3.51. The van der Waals surface area contributed by atoms with Crippen molar-refractivity contribution in [3.8, 4) is 0 Å². The number of ether oxygens (including phenoxy) is 1. The summed E-state index contributed by atoms with van der Waals surface area (Å²) < 4.78 is 5.93. The van der Waals surface area contributed by atoms with E-state index in [9.17, 15) is 0 Å². The zero-order chi connectivity index (χ0) is 13.8. The molecule has 0 amide bonds. The molecule has 1 N–H and O–H groups in total. The summed E-state index contributed by atoms with van der Waals surface area (Å²) in [5.41, 5.74) is 1.52. The zero-order valence-corrected chi connectivity index (χ0v) is 12.5. The number of nitrogens with one attached hydrogen (secondary N) is 1. The Morgan fingerprint density at radius 2 is 2.20 bits per heavy atom. The molecule has 0 aromatic heterocycles. The van der Waals surface area contributed by atoms with E-state index in [2.05, 4.69) is 47.5 Å². The Kier molecular flexibility index (Phi) is 4.39. The van der Waals surface area contributed by atoms with Gasteiger partial charge < -0.3 is 10.1 Å². The normalized spacial score (nSPS) is 31.6. The van der Waals surface area contributed by atoms with Gasteiger partial charge in [-0.3, -0.25) is 4.90 Å². The van der Waals surface area contributed by atoms with Crippen LogP contribution >= 0.6 is 0 Å². The van der Waals surface area contributed by atoms with Crippen molar-refractivity contribution in [2.45, 2.75) is 37.8 Å². The molecule has 2 fully saturated rings. The largest absolute Gasteiger partial charge is 0.374 e. The van der Waals surface area contributed by atoms with Gasteiger partial charge in [-0.05, 0) is 31.7 Å². The van der Waals surface area contributed by atoms with Crippen LogP contribution in [-0.2, 0) is 11.2 Å². The maximum atomic E-state index is 5.93. The molecule has 0 spiro atoms. The Bertz CT molecular complexity index is 414. The van der Waals surface area contributed by atoms with Crippen molar-refractivity contribution >= 4 is 0 Å². The van der Waals surface area contributed by atoms with E-state index in [0.29, 0.717) is 6.04 Å². The number of rotatable bonds is 4. The molecule has 0 saturated carbocycles. The van der Waals surface area contributed by atoms with Crippen LogP contribution in [-0.4, -0.2) is 49.3 Å². The molecule has 0 aliphatic carbocycles. The molecule has 2 saturated heterocycles. The van der Waals surface area contributed by atoms with E-state index in [4.69, 9.17) is 4.74 Å². The van der Waals surface area contributed by atoms with E-state index in [1.165, 1.54) is 18.4 Å². The van der Waals surface area contributed by atoms with Crippen molar-refractivity contribution in [2.24, 2.45) is 0 Å². The Morgan fingerprint density at radius 3 is 2.95 bits per heavy atom. The predicted octanol–water partition coefficient (Wildman–Crippen LogP) is 2.07.